The summed E-state index contributed by atoms with van der Waals surface area (Å²) in [4.78, 5) is 0. The first kappa shape index (κ1) is 24.7. The molecule has 0 radical (unpaired) electrons. The minimum absolute atomic E-state index is 0.128. The Morgan fingerprint density at radius 2 is 0.957 bits per heavy atom. The molecule has 2 unspecified atom stereocenters. The molecule has 11 heteroatoms. The molecule has 140 valence electrons. The Labute approximate surface area is 166 Å². The molecule has 2 atom stereocenters. The van der Waals surface area contributed by atoms with Crippen LogP contribution in [0.4, 0.5) is 0 Å². The molecule has 0 fully saturated rings. The third-order valence-corrected chi connectivity index (χ3v) is 13.6. The zero-order chi connectivity index (χ0) is 17.9. The first-order valence-corrected chi connectivity index (χ1v) is 14.8. The number of hydrogen-bond acceptors (Lipinski definition) is 9. The fraction of sp³-hybridized carbons (Fsp3) is 1.00. The van der Waals surface area contributed by atoms with Crippen LogP contribution in [0.2, 0.25) is 0 Å². The van der Waals surface area contributed by atoms with Crippen molar-refractivity contribution in [2.24, 2.45) is 0 Å². The highest BCUT2D eigenvalue weighted by Gasteiger charge is 2.35. The van der Waals surface area contributed by atoms with Gasteiger partial charge in [0.25, 0.3) is 0 Å². The lowest BCUT2D eigenvalue weighted by atomic mass is 10.2. The third-order valence-electron chi connectivity index (χ3n) is 3.28. The van der Waals surface area contributed by atoms with Gasteiger partial charge in [0.05, 0.1) is 20.3 Å². The van der Waals surface area contributed by atoms with Gasteiger partial charge < -0.3 is 0 Å². The molecule has 0 aromatic rings. The molecular weight excluding hydrogens is 433 g/mol. The summed E-state index contributed by atoms with van der Waals surface area (Å²) in [6.45, 7) is 0. The molecule has 0 bridgehead atoms. The van der Waals surface area contributed by atoms with Gasteiger partial charge in [-0.1, -0.05) is 0 Å². The third kappa shape index (κ3) is 9.79. The van der Waals surface area contributed by atoms with Gasteiger partial charge >= 0.3 is 0 Å². The zero-order valence-corrected chi connectivity index (χ0v) is 18.9. The lowest BCUT2D eigenvalue weighted by Gasteiger charge is -2.19. The van der Waals surface area contributed by atoms with Crippen molar-refractivity contribution in [2.45, 2.75) is 49.0 Å². The average molecular weight is 459 g/mol. The Hall–Kier alpha value is 1.65. The second-order valence-corrected chi connectivity index (χ2v) is 14.7. The molecule has 0 rings (SSSR count). The summed E-state index contributed by atoms with van der Waals surface area (Å²) in [5, 5.41) is -1.40. The fourth-order valence-electron chi connectivity index (χ4n) is 2.04. The quantitative estimate of drug-likeness (QED) is 0.238. The summed E-state index contributed by atoms with van der Waals surface area (Å²) in [7, 11) is -7.47. The Morgan fingerprint density at radius 3 is 1.22 bits per heavy atom. The Bertz CT molecular complexity index is 458. The lowest BCUT2D eigenvalue weighted by molar-refractivity contribution is 0.578. The standard InChI is InChI=1S/C12H26O4S7/c13-22(14,11(5-9-19)3-1-7-17)21-23(15,16)12(6-10-20)4-2-8-18/h11-12,17-20H,1-10H2. The van der Waals surface area contributed by atoms with Crippen molar-refractivity contribution in [1.82, 2.24) is 0 Å². The molecule has 23 heavy (non-hydrogen) atoms. The van der Waals surface area contributed by atoms with Gasteiger partial charge in [0.1, 0.15) is 0 Å². The SMILES string of the molecule is O=S(=O)(SS(=O)(=O)C(CCS)CCCS)C(CCS)CCCS. The van der Waals surface area contributed by atoms with Crippen LogP contribution in [0.3, 0.4) is 0 Å². The predicted octanol–water partition coefficient (Wildman–Crippen LogP) is 3.18. The molecule has 0 aliphatic carbocycles. The Kier molecular flexibility index (Phi) is 13.8. The molecule has 0 saturated heterocycles. The van der Waals surface area contributed by atoms with Crippen LogP contribution in [0.25, 0.3) is 0 Å². The molecule has 0 heterocycles. The van der Waals surface area contributed by atoms with E-state index in [4.69, 9.17) is 0 Å². The molecule has 0 amide bonds. The maximum Gasteiger partial charge on any atom is 0.218 e. The van der Waals surface area contributed by atoms with E-state index in [-0.39, 0.29) is 9.83 Å². The van der Waals surface area contributed by atoms with E-state index in [1.807, 2.05) is 0 Å². The van der Waals surface area contributed by atoms with E-state index in [9.17, 15) is 16.8 Å². The van der Waals surface area contributed by atoms with Crippen molar-refractivity contribution in [1.29, 1.82) is 0 Å². The summed E-state index contributed by atoms with van der Waals surface area (Å²) in [6, 6.07) is 0. The highest BCUT2D eigenvalue weighted by molar-refractivity contribution is 9.04. The molecule has 0 N–H and O–H groups in total. The first-order valence-electron chi connectivity index (χ1n) is 7.37. The van der Waals surface area contributed by atoms with Crippen molar-refractivity contribution in [2.75, 3.05) is 23.0 Å². The van der Waals surface area contributed by atoms with E-state index in [2.05, 4.69) is 50.5 Å². The highest BCUT2D eigenvalue weighted by atomic mass is 33.5. The van der Waals surface area contributed by atoms with Gasteiger partial charge in [-0.2, -0.15) is 50.5 Å². The second-order valence-electron chi connectivity index (χ2n) is 5.05. The Balaban J connectivity index is 5.18. The summed E-state index contributed by atoms with van der Waals surface area (Å²) in [5.41, 5.74) is 0. The Morgan fingerprint density at radius 1 is 0.609 bits per heavy atom. The molecule has 0 aliphatic rings. The van der Waals surface area contributed by atoms with E-state index in [1.165, 1.54) is 0 Å². The van der Waals surface area contributed by atoms with Crippen molar-refractivity contribution >= 4 is 78.1 Å². The molecule has 4 nitrogen and oxygen atoms in total. The van der Waals surface area contributed by atoms with Crippen LogP contribution in [0, 0.1) is 0 Å². The maximum absolute atomic E-state index is 12.5. The molecule has 0 aliphatic heterocycles. The van der Waals surface area contributed by atoms with Crippen LogP contribution < -0.4 is 0 Å². The van der Waals surface area contributed by atoms with Crippen LogP contribution in [0.15, 0.2) is 0 Å². The van der Waals surface area contributed by atoms with Crippen molar-refractivity contribution in [3.63, 3.8) is 0 Å². The highest BCUT2D eigenvalue weighted by Crippen LogP contribution is 2.34. The van der Waals surface area contributed by atoms with E-state index >= 15 is 0 Å². The van der Waals surface area contributed by atoms with Crippen LogP contribution in [-0.4, -0.2) is 50.3 Å². The van der Waals surface area contributed by atoms with Crippen LogP contribution in [-0.2, 0) is 17.7 Å². The summed E-state index contributed by atoms with van der Waals surface area (Å²) >= 11 is 16.3. The smallest absolute Gasteiger partial charge is 0.216 e. The maximum atomic E-state index is 12.5. The lowest BCUT2D eigenvalue weighted by Crippen LogP contribution is -2.25. The van der Waals surface area contributed by atoms with Crippen molar-refractivity contribution in [3.05, 3.63) is 0 Å². The van der Waals surface area contributed by atoms with Crippen LogP contribution >= 0.6 is 60.3 Å². The molecule has 0 aromatic carbocycles. The van der Waals surface area contributed by atoms with Gasteiger partial charge in [0.15, 0.2) is 0 Å². The van der Waals surface area contributed by atoms with Gasteiger partial charge in [0.2, 0.25) is 17.7 Å². The fourth-order valence-corrected chi connectivity index (χ4v) is 12.6. The summed E-state index contributed by atoms with van der Waals surface area (Å²) in [6.07, 6.45) is 2.75. The second kappa shape index (κ2) is 12.9. The summed E-state index contributed by atoms with van der Waals surface area (Å²) < 4.78 is 50.1. The van der Waals surface area contributed by atoms with Gasteiger partial charge in [-0.3, -0.25) is 0 Å². The van der Waals surface area contributed by atoms with E-state index in [1.54, 1.807) is 0 Å². The molecule has 0 spiro atoms. The molecular formula is C12H26O4S7. The van der Waals surface area contributed by atoms with E-state index in [0.717, 1.165) is 0 Å². The molecule has 0 saturated carbocycles. The minimum atomic E-state index is -3.80. The monoisotopic (exact) mass is 458 g/mol. The largest absolute Gasteiger partial charge is 0.218 e. The minimum Gasteiger partial charge on any atom is -0.216 e. The number of rotatable bonds is 14. The topological polar surface area (TPSA) is 68.3 Å². The summed E-state index contributed by atoms with van der Waals surface area (Å²) in [5.74, 6) is 1.94. The van der Waals surface area contributed by atoms with E-state index in [0.29, 0.717) is 61.5 Å². The van der Waals surface area contributed by atoms with Crippen LogP contribution in [0.1, 0.15) is 38.5 Å². The molecule has 0 aromatic heterocycles. The van der Waals surface area contributed by atoms with Crippen LogP contribution in [0.5, 0.6) is 0 Å². The van der Waals surface area contributed by atoms with Gasteiger partial charge in [0, 0.05) is 0 Å². The van der Waals surface area contributed by atoms with Gasteiger partial charge in [-0.15, -0.1) is 0 Å². The number of thiol groups is 4. The van der Waals surface area contributed by atoms with Gasteiger partial charge in [-0.05, 0) is 61.5 Å². The number of hydrogen-bond donors (Lipinski definition) is 4. The normalized spacial score (nSPS) is 15.5. The predicted molar refractivity (Wildman–Crippen MR) is 116 cm³/mol. The first-order chi connectivity index (χ1) is 10.7. The van der Waals surface area contributed by atoms with Crippen molar-refractivity contribution < 1.29 is 16.8 Å². The van der Waals surface area contributed by atoms with E-state index < -0.39 is 28.2 Å². The zero-order valence-electron chi connectivity index (χ0n) is 12.9. The van der Waals surface area contributed by atoms with Gasteiger partial charge in [-0.25, -0.2) is 16.8 Å². The average Bonchev–Trinajstić information content (AvgIpc) is 2.46. The van der Waals surface area contributed by atoms with Crippen molar-refractivity contribution in [3.8, 4) is 0 Å².